The van der Waals surface area contributed by atoms with E-state index in [9.17, 15) is 0 Å². The van der Waals surface area contributed by atoms with E-state index in [1.54, 1.807) is 0 Å². The van der Waals surface area contributed by atoms with E-state index in [-0.39, 0.29) is 0 Å². The zero-order chi connectivity index (χ0) is 19.9. The molecule has 1 atom stereocenters. The predicted molar refractivity (Wildman–Crippen MR) is 118 cm³/mol. The number of aryl methyl sites for hydroxylation is 1. The number of pyridine rings is 2. The zero-order valence-electron chi connectivity index (χ0n) is 18.0. The first-order valence-electron chi connectivity index (χ1n) is 11.5. The molecular weight excluding hydrogens is 356 g/mol. The van der Waals surface area contributed by atoms with Crippen molar-refractivity contribution in [1.29, 1.82) is 0 Å². The molecule has 1 saturated carbocycles. The molecule has 4 rings (SSSR count). The Morgan fingerprint density at radius 1 is 1.00 bits per heavy atom. The highest BCUT2D eigenvalue weighted by Gasteiger charge is 2.28. The van der Waals surface area contributed by atoms with E-state index >= 15 is 0 Å². The lowest BCUT2D eigenvalue weighted by molar-refractivity contribution is 0.0768. The van der Waals surface area contributed by atoms with Crippen molar-refractivity contribution in [3.63, 3.8) is 0 Å². The summed E-state index contributed by atoms with van der Waals surface area (Å²) in [4.78, 5) is 14.5. The fourth-order valence-electron chi connectivity index (χ4n) is 5.24. The van der Waals surface area contributed by atoms with Gasteiger partial charge in [0.25, 0.3) is 0 Å². The SMILES string of the molecule is Cc1cccc(CN(Cc2cccnc2)C[C@@H]2CCCN(C3CCCCC3)C2)n1. The number of rotatable bonds is 7. The van der Waals surface area contributed by atoms with Crippen LogP contribution in [0.3, 0.4) is 0 Å². The van der Waals surface area contributed by atoms with Crippen LogP contribution in [0.2, 0.25) is 0 Å². The molecule has 0 N–H and O–H groups in total. The van der Waals surface area contributed by atoms with E-state index in [1.807, 2.05) is 18.5 Å². The van der Waals surface area contributed by atoms with Crippen molar-refractivity contribution < 1.29 is 0 Å². The zero-order valence-corrected chi connectivity index (χ0v) is 18.0. The average molecular weight is 393 g/mol. The molecule has 2 aliphatic rings. The van der Waals surface area contributed by atoms with Crippen molar-refractivity contribution in [2.75, 3.05) is 19.6 Å². The Morgan fingerprint density at radius 3 is 2.69 bits per heavy atom. The Labute approximate surface area is 176 Å². The topological polar surface area (TPSA) is 32.3 Å². The van der Waals surface area contributed by atoms with Crippen molar-refractivity contribution in [3.05, 3.63) is 59.7 Å². The largest absolute Gasteiger partial charge is 0.300 e. The van der Waals surface area contributed by atoms with Crippen LogP contribution < -0.4 is 0 Å². The number of hydrogen-bond donors (Lipinski definition) is 0. The number of likely N-dealkylation sites (tertiary alicyclic amines) is 1. The molecule has 2 aromatic rings. The van der Waals surface area contributed by atoms with Gasteiger partial charge in [0.15, 0.2) is 0 Å². The molecule has 2 fully saturated rings. The van der Waals surface area contributed by atoms with Crippen LogP contribution >= 0.6 is 0 Å². The van der Waals surface area contributed by atoms with Gasteiger partial charge in [-0.2, -0.15) is 0 Å². The number of nitrogens with zero attached hydrogens (tertiary/aromatic N) is 4. The minimum Gasteiger partial charge on any atom is -0.300 e. The molecule has 156 valence electrons. The number of piperidine rings is 1. The highest BCUT2D eigenvalue weighted by Crippen LogP contribution is 2.28. The van der Waals surface area contributed by atoms with Crippen LogP contribution in [0.5, 0.6) is 0 Å². The molecule has 4 heteroatoms. The van der Waals surface area contributed by atoms with Crippen molar-refractivity contribution in [1.82, 2.24) is 19.8 Å². The number of aromatic nitrogens is 2. The molecule has 3 heterocycles. The van der Waals surface area contributed by atoms with Crippen LogP contribution in [0, 0.1) is 12.8 Å². The van der Waals surface area contributed by atoms with E-state index in [1.165, 1.54) is 69.3 Å². The van der Waals surface area contributed by atoms with Gasteiger partial charge < -0.3 is 4.90 Å². The van der Waals surface area contributed by atoms with Gasteiger partial charge in [-0.25, -0.2) is 0 Å². The van der Waals surface area contributed by atoms with Gasteiger partial charge in [-0.05, 0) is 68.8 Å². The summed E-state index contributed by atoms with van der Waals surface area (Å²) >= 11 is 0. The third-order valence-corrected chi connectivity index (χ3v) is 6.62. The average Bonchev–Trinajstić information content (AvgIpc) is 2.75. The van der Waals surface area contributed by atoms with Crippen molar-refractivity contribution >= 4 is 0 Å². The van der Waals surface area contributed by atoms with Gasteiger partial charge in [0.1, 0.15) is 0 Å². The van der Waals surface area contributed by atoms with Gasteiger partial charge in [-0.1, -0.05) is 31.4 Å². The Hall–Kier alpha value is -1.78. The summed E-state index contributed by atoms with van der Waals surface area (Å²) in [5.41, 5.74) is 3.57. The molecule has 1 aliphatic carbocycles. The first-order valence-corrected chi connectivity index (χ1v) is 11.5. The maximum absolute atomic E-state index is 4.77. The van der Waals surface area contributed by atoms with Gasteiger partial charge >= 0.3 is 0 Å². The van der Waals surface area contributed by atoms with E-state index < -0.39 is 0 Å². The van der Waals surface area contributed by atoms with Crippen LogP contribution in [-0.4, -0.2) is 45.4 Å². The second-order valence-corrected chi connectivity index (χ2v) is 9.10. The molecule has 0 radical (unpaired) electrons. The third-order valence-electron chi connectivity index (χ3n) is 6.62. The van der Waals surface area contributed by atoms with Crippen LogP contribution in [0.1, 0.15) is 61.9 Å². The molecule has 1 saturated heterocycles. The summed E-state index contributed by atoms with van der Waals surface area (Å²) in [6, 6.07) is 11.5. The van der Waals surface area contributed by atoms with Crippen LogP contribution in [0.4, 0.5) is 0 Å². The molecule has 4 nitrogen and oxygen atoms in total. The second kappa shape index (κ2) is 10.3. The van der Waals surface area contributed by atoms with Crippen molar-refractivity contribution in [3.8, 4) is 0 Å². The Balaban J connectivity index is 1.42. The second-order valence-electron chi connectivity index (χ2n) is 9.10. The smallest absolute Gasteiger partial charge is 0.0547 e. The Bertz CT molecular complexity index is 741. The summed E-state index contributed by atoms with van der Waals surface area (Å²) in [5.74, 6) is 0.757. The monoisotopic (exact) mass is 392 g/mol. The van der Waals surface area contributed by atoms with E-state index in [0.717, 1.165) is 37.3 Å². The van der Waals surface area contributed by atoms with E-state index in [4.69, 9.17) is 4.98 Å². The van der Waals surface area contributed by atoms with Gasteiger partial charge in [0.2, 0.25) is 0 Å². The maximum atomic E-state index is 4.77. The lowest BCUT2D eigenvalue weighted by Crippen LogP contribution is -2.46. The Kier molecular flexibility index (Phi) is 7.28. The molecule has 1 aliphatic heterocycles. The first kappa shape index (κ1) is 20.5. The van der Waals surface area contributed by atoms with Gasteiger partial charge in [-0.3, -0.25) is 14.9 Å². The first-order chi connectivity index (χ1) is 14.3. The summed E-state index contributed by atoms with van der Waals surface area (Å²) in [7, 11) is 0. The normalized spacial score (nSPS) is 21.5. The minimum atomic E-state index is 0.757. The van der Waals surface area contributed by atoms with Crippen molar-refractivity contribution in [2.24, 2.45) is 5.92 Å². The van der Waals surface area contributed by atoms with Gasteiger partial charge in [-0.15, -0.1) is 0 Å². The Morgan fingerprint density at radius 2 is 1.90 bits per heavy atom. The highest BCUT2D eigenvalue weighted by molar-refractivity contribution is 5.12. The summed E-state index contributed by atoms with van der Waals surface area (Å²) in [6.07, 6.45) is 13.7. The highest BCUT2D eigenvalue weighted by atomic mass is 15.2. The molecule has 0 amide bonds. The van der Waals surface area contributed by atoms with Crippen molar-refractivity contribution in [2.45, 2.75) is 71.0 Å². The molecule has 0 spiro atoms. The summed E-state index contributed by atoms with van der Waals surface area (Å²) in [6.45, 7) is 7.67. The molecule has 0 bridgehead atoms. The summed E-state index contributed by atoms with van der Waals surface area (Å²) in [5, 5.41) is 0. The van der Waals surface area contributed by atoms with E-state index in [2.05, 4.69) is 46.0 Å². The summed E-state index contributed by atoms with van der Waals surface area (Å²) < 4.78 is 0. The minimum absolute atomic E-state index is 0.757. The third kappa shape index (κ3) is 6.10. The lowest BCUT2D eigenvalue weighted by atomic mass is 9.90. The van der Waals surface area contributed by atoms with Crippen LogP contribution in [0.15, 0.2) is 42.7 Å². The van der Waals surface area contributed by atoms with Gasteiger partial charge in [0, 0.05) is 50.3 Å². The molecule has 2 aromatic heterocycles. The predicted octanol–water partition coefficient (Wildman–Crippen LogP) is 4.83. The van der Waals surface area contributed by atoms with Gasteiger partial charge in [0.05, 0.1) is 5.69 Å². The molecular formula is C25H36N4. The van der Waals surface area contributed by atoms with Crippen LogP contribution in [0.25, 0.3) is 0 Å². The molecule has 29 heavy (non-hydrogen) atoms. The number of hydrogen-bond acceptors (Lipinski definition) is 4. The fraction of sp³-hybridized carbons (Fsp3) is 0.600. The molecule has 0 unspecified atom stereocenters. The van der Waals surface area contributed by atoms with Crippen LogP contribution in [-0.2, 0) is 13.1 Å². The molecule has 0 aromatic carbocycles. The lowest BCUT2D eigenvalue weighted by Gasteiger charge is -2.41. The van der Waals surface area contributed by atoms with E-state index in [0.29, 0.717) is 0 Å². The fourth-order valence-corrected chi connectivity index (χ4v) is 5.24. The quantitative estimate of drug-likeness (QED) is 0.675. The standard InChI is InChI=1S/C25H36N4/c1-21-8-5-11-24(27-21)20-28(17-22-9-6-14-26-16-22)18-23-10-7-15-29(19-23)25-12-3-2-4-13-25/h5-6,8-9,11,14,16,23,25H,2-4,7,10,12-13,15,17-20H2,1H3/t23-/m0/s1. The maximum Gasteiger partial charge on any atom is 0.0547 e.